The summed E-state index contributed by atoms with van der Waals surface area (Å²) in [4.78, 5) is 4.50. The number of nitrogens with zero attached hydrogens (tertiary/aromatic N) is 2. The highest BCUT2D eigenvalue weighted by Crippen LogP contribution is 2.28. The molecular weight excluding hydrogens is 190 g/mol. The first-order valence-corrected chi connectivity index (χ1v) is 5.19. The van der Waals surface area contributed by atoms with E-state index in [2.05, 4.69) is 16.8 Å². The first-order chi connectivity index (χ1) is 7.16. The number of hydrogen-bond acceptors (Lipinski definition) is 4. The molecule has 1 aromatic rings. The molecule has 1 heterocycles. The second kappa shape index (κ2) is 3.98. The molecule has 0 saturated carbocycles. The van der Waals surface area contributed by atoms with Gasteiger partial charge in [0.15, 0.2) is 0 Å². The summed E-state index contributed by atoms with van der Waals surface area (Å²) in [6.07, 6.45) is 0. The van der Waals surface area contributed by atoms with Gasteiger partial charge in [0.25, 0.3) is 0 Å². The first kappa shape index (κ1) is 10.1. The third-order valence-corrected chi connectivity index (χ3v) is 2.86. The molecule has 1 aliphatic rings. The van der Waals surface area contributed by atoms with E-state index in [1.54, 1.807) is 18.2 Å². The summed E-state index contributed by atoms with van der Waals surface area (Å²) in [6.45, 7) is 4.00. The molecule has 1 saturated heterocycles. The van der Waals surface area contributed by atoms with Crippen molar-refractivity contribution < 1.29 is 5.11 Å². The highest BCUT2D eigenvalue weighted by atomic mass is 16.3. The molecule has 0 bridgehead atoms. The van der Waals surface area contributed by atoms with E-state index in [4.69, 9.17) is 5.73 Å². The molecule has 3 N–H and O–H groups in total. The summed E-state index contributed by atoms with van der Waals surface area (Å²) >= 11 is 0. The highest BCUT2D eigenvalue weighted by Gasteiger charge is 2.16. The molecule has 2 rings (SSSR count). The molecule has 0 radical (unpaired) electrons. The number of nitrogen functional groups attached to an aromatic ring is 1. The van der Waals surface area contributed by atoms with E-state index in [1.165, 1.54) is 0 Å². The van der Waals surface area contributed by atoms with E-state index < -0.39 is 0 Å². The van der Waals surface area contributed by atoms with Crippen LogP contribution >= 0.6 is 0 Å². The number of hydrogen-bond donors (Lipinski definition) is 2. The SMILES string of the molecule is CN1CCN(c2cc(O)ccc2N)CC1. The van der Waals surface area contributed by atoms with E-state index in [0.29, 0.717) is 0 Å². The highest BCUT2D eigenvalue weighted by molar-refractivity contribution is 5.69. The van der Waals surface area contributed by atoms with Gasteiger partial charge in [0.2, 0.25) is 0 Å². The molecule has 15 heavy (non-hydrogen) atoms. The van der Waals surface area contributed by atoms with Gasteiger partial charge in [-0.1, -0.05) is 0 Å². The monoisotopic (exact) mass is 207 g/mol. The van der Waals surface area contributed by atoms with Crippen LogP contribution in [0.3, 0.4) is 0 Å². The van der Waals surface area contributed by atoms with Crippen LogP contribution in [0.25, 0.3) is 0 Å². The second-order valence-corrected chi connectivity index (χ2v) is 4.03. The van der Waals surface area contributed by atoms with E-state index in [-0.39, 0.29) is 5.75 Å². The number of phenols is 1. The zero-order chi connectivity index (χ0) is 10.8. The largest absolute Gasteiger partial charge is 0.508 e. The minimum atomic E-state index is 0.276. The van der Waals surface area contributed by atoms with Crippen LogP contribution in [0.5, 0.6) is 5.75 Å². The summed E-state index contributed by atoms with van der Waals surface area (Å²) in [5, 5.41) is 9.43. The van der Waals surface area contributed by atoms with Gasteiger partial charge in [-0.2, -0.15) is 0 Å². The van der Waals surface area contributed by atoms with Crippen LogP contribution < -0.4 is 10.6 Å². The van der Waals surface area contributed by atoms with E-state index in [1.807, 2.05) is 0 Å². The number of nitrogens with two attached hydrogens (primary N) is 1. The van der Waals surface area contributed by atoms with Gasteiger partial charge in [-0.3, -0.25) is 0 Å². The standard InChI is InChI=1S/C11H17N3O/c1-13-4-6-14(7-5-13)11-8-9(15)2-3-10(11)12/h2-3,8,15H,4-7,12H2,1H3. The number of piperazine rings is 1. The van der Waals surface area contributed by atoms with Crippen molar-refractivity contribution in [1.82, 2.24) is 4.90 Å². The summed E-state index contributed by atoms with van der Waals surface area (Å²) in [5.74, 6) is 0.276. The third kappa shape index (κ3) is 2.15. The van der Waals surface area contributed by atoms with Crippen molar-refractivity contribution in [1.29, 1.82) is 0 Å². The molecule has 0 aliphatic carbocycles. The lowest BCUT2D eigenvalue weighted by Gasteiger charge is -2.34. The summed E-state index contributed by atoms with van der Waals surface area (Å²) < 4.78 is 0. The Morgan fingerprint density at radius 1 is 1.20 bits per heavy atom. The molecule has 1 fully saturated rings. The van der Waals surface area contributed by atoms with Crippen molar-refractivity contribution in [3.63, 3.8) is 0 Å². The van der Waals surface area contributed by atoms with Crippen LogP contribution in [0.2, 0.25) is 0 Å². The Morgan fingerprint density at radius 2 is 1.87 bits per heavy atom. The van der Waals surface area contributed by atoms with Gasteiger partial charge >= 0.3 is 0 Å². The molecule has 82 valence electrons. The Labute approximate surface area is 89.9 Å². The van der Waals surface area contributed by atoms with E-state index >= 15 is 0 Å². The molecule has 1 aromatic carbocycles. The maximum absolute atomic E-state index is 9.43. The zero-order valence-corrected chi connectivity index (χ0v) is 8.98. The van der Waals surface area contributed by atoms with Crippen molar-refractivity contribution in [3.8, 4) is 5.75 Å². The molecule has 4 heteroatoms. The van der Waals surface area contributed by atoms with E-state index in [9.17, 15) is 5.11 Å². The average molecular weight is 207 g/mol. The Bertz CT molecular complexity index is 346. The number of benzene rings is 1. The maximum Gasteiger partial charge on any atom is 0.117 e. The predicted molar refractivity (Wildman–Crippen MR) is 62.2 cm³/mol. The number of rotatable bonds is 1. The van der Waals surface area contributed by atoms with Crippen LogP contribution in [0.4, 0.5) is 11.4 Å². The number of aromatic hydroxyl groups is 1. The molecule has 1 aliphatic heterocycles. The lowest BCUT2D eigenvalue weighted by atomic mass is 10.2. The number of anilines is 2. The minimum Gasteiger partial charge on any atom is -0.508 e. The fourth-order valence-electron chi connectivity index (χ4n) is 1.85. The van der Waals surface area contributed by atoms with Gasteiger partial charge in [-0.05, 0) is 19.2 Å². The van der Waals surface area contributed by atoms with Crippen LogP contribution in [0.15, 0.2) is 18.2 Å². The van der Waals surface area contributed by atoms with Crippen LogP contribution in [0, 0.1) is 0 Å². The van der Waals surface area contributed by atoms with Gasteiger partial charge in [-0.25, -0.2) is 0 Å². The van der Waals surface area contributed by atoms with Gasteiger partial charge in [0.1, 0.15) is 5.75 Å². The molecule has 0 aromatic heterocycles. The normalized spacial score (nSPS) is 18.1. The predicted octanol–water partition coefficient (Wildman–Crippen LogP) is 0.726. The van der Waals surface area contributed by atoms with Crippen molar-refractivity contribution in [2.45, 2.75) is 0 Å². The van der Waals surface area contributed by atoms with Crippen molar-refractivity contribution >= 4 is 11.4 Å². The summed E-state index contributed by atoms with van der Waals surface area (Å²) in [5.41, 5.74) is 7.57. The van der Waals surface area contributed by atoms with Crippen molar-refractivity contribution in [2.75, 3.05) is 43.9 Å². The smallest absolute Gasteiger partial charge is 0.117 e. The lowest BCUT2D eigenvalue weighted by Crippen LogP contribution is -2.44. The quantitative estimate of drug-likeness (QED) is 0.526. The minimum absolute atomic E-state index is 0.276. The van der Waals surface area contributed by atoms with Crippen molar-refractivity contribution in [2.24, 2.45) is 0 Å². The van der Waals surface area contributed by atoms with E-state index in [0.717, 1.165) is 37.6 Å². The average Bonchev–Trinajstić information content (AvgIpc) is 2.23. The number of likely N-dealkylation sites (N-methyl/N-ethyl adjacent to an activating group) is 1. The maximum atomic E-state index is 9.43. The fourth-order valence-corrected chi connectivity index (χ4v) is 1.85. The van der Waals surface area contributed by atoms with Crippen molar-refractivity contribution in [3.05, 3.63) is 18.2 Å². The van der Waals surface area contributed by atoms with Crippen LogP contribution in [-0.2, 0) is 0 Å². The topological polar surface area (TPSA) is 52.7 Å². The molecule has 0 amide bonds. The first-order valence-electron chi connectivity index (χ1n) is 5.19. The molecule has 0 unspecified atom stereocenters. The van der Waals surface area contributed by atoms with Crippen LogP contribution in [0.1, 0.15) is 0 Å². The summed E-state index contributed by atoms with van der Waals surface area (Å²) in [6, 6.07) is 5.11. The van der Waals surface area contributed by atoms with Gasteiger partial charge in [-0.15, -0.1) is 0 Å². The molecule has 0 spiro atoms. The van der Waals surface area contributed by atoms with Gasteiger partial charge in [0, 0.05) is 32.2 Å². The molecular formula is C11H17N3O. The fraction of sp³-hybridized carbons (Fsp3) is 0.455. The van der Waals surface area contributed by atoms with Gasteiger partial charge < -0.3 is 20.6 Å². The third-order valence-electron chi connectivity index (χ3n) is 2.86. The Balaban J connectivity index is 2.18. The lowest BCUT2D eigenvalue weighted by molar-refractivity contribution is 0.313. The Kier molecular flexibility index (Phi) is 2.68. The second-order valence-electron chi connectivity index (χ2n) is 4.03. The zero-order valence-electron chi connectivity index (χ0n) is 8.98. The number of phenolic OH excluding ortho intramolecular Hbond substituents is 1. The molecule has 4 nitrogen and oxygen atoms in total. The Morgan fingerprint density at radius 3 is 2.53 bits per heavy atom. The summed E-state index contributed by atoms with van der Waals surface area (Å²) in [7, 11) is 2.11. The van der Waals surface area contributed by atoms with Gasteiger partial charge in [0.05, 0.1) is 11.4 Å². The molecule has 0 atom stereocenters. The Hall–Kier alpha value is -1.42. The van der Waals surface area contributed by atoms with Crippen LogP contribution in [-0.4, -0.2) is 43.2 Å².